The molecule has 1 aromatic heterocycles. The number of aliphatic hydroxyl groups is 2. The molecular formula is C17H20Cl2N4O3S. The summed E-state index contributed by atoms with van der Waals surface area (Å²) in [6, 6.07) is 5.68. The Morgan fingerprint density at radius 1 is 1.33 bits per heavy atom. The summed E-state index contributed by atoms with van der Waals surface area (Å²) in [4.78, 5) is 7.92. The molecule has 1 saturated heterocycles. The number of aromatic nitrogens is 1. The molecule has 2 aliphatic heterocycles. The van der Waals surface area contributed by atoms with Crippen LogP contribution >= 0.6 is 34.5 Å². The first kappa shape index (κ1) is 19.2. The minimum absolute atomic E-state index is 0.247. The normalized spacial score (nSPS) is 24.4. The van der Waals surface area contributed by atoms with Crippen molar-refractivity contribution in [2.75, 3.05) is 37.0 Å². The van der Waals surface area contributed by atoms with E-state index < -0.39 is 12.8 Å². The van der Waals surface area contributed by atoms with Crippen LogP contribution in [0.3, 0.4) is 0 Å². The Hall–Kier alpha value is -1.13. The van der Waals surface area contributed by atoms with E-state index in [0.29, 0.717) is 34.1 Å². The molecule has 0 saturated carbocycles. The maximum atomic E-state index is 10.8. The molecule has 27 heavy (non-hydrogen) atoms. The molecule has 0 aliphatic carbocycles. The minimum Gasteiger partial charge on any atom is -0.356 e. The second-order valence-electron chi connectivity index (χ2n) is 6.84. The number of fused-ring (bicyclic) bond motifs is 2. The van der Waals surface area contributed by atoms with Gasteiger partial charge in [0.2, 0.25) is 12.8 Å². The standard InChI is InChI=1S/C17H20Cl2N4O3S/c1-26-16(25)22-5-4-17(8-22)9-23(12-3-2-10(18)6-11(12)17)15(24)21-14-20-7-13(19)27-14/h2-3,6-7,15-16,24-25H,4-5,8-9H2,1H3,(H,20,21). The number of halogens is 2. The van der Waals surface area contributed by atoms with Gasteiger partial charge in [0.05, 0.1) is 6.20 Å². The molecule has 2 aliphatic rings. The number of methoxy groups -OCH3 is 1. The Morgan fingerprint density at radius 2 is 2.15 bits per heavy atom. The maximum Gasteiger partial charge on any atom is 0.215 e. The number of rotatable bonds is 5. The van der Waals surface area contributed by atoms with Gasteiger partial charge in [-0.25, -0.2) is 4.98 Å². The first-order valence-corrected chi connectivity index (χ1v) is 10.1. The molecule has 7 nitrogen and oxygen atoms in total. The van der Waals surface area contributed by atoms with Crippen LogP contribution < -0.4 is 10.2 Å². The van der Waals surface area contributed by atoms with Crippen LogP contribution in [0.25, 0.3) is 0 Å². The SMILES string of the molecule is COC(O)N1CCC2(C1)CN(C(O)Nc1ncc(Cl)s1)c1ccc(Cl)cc12. The zero-order chi connectivity index (χ0) is 19.2. The Kier molecular flexibility index (Phi) is 5.24. The lowest BCUT2D eigenvalue weighted by Crippen LogP contribution is -2.45. The van der Waals surface area contributed by atoms with E-state index in [-0.39, 0.29) is 5.41 Å². The van der Waals surface area contributed by atoms with Gasteiger partial charge in [-0.3, -0.25) is 4.90 Å². The molecule has 1 aromatic carbocycles. The third kappa shape index (κ3) is 3.51. The van der Waals surface area contributed by atoms with Crippen LogP contribution in [0.4, 0.5) is 10.8 Å². The van der Waals surface area contributed by atoms with Crippen LogP contribution in [0, 0.1) is 0 Å². The average Bonchev–Trinajstić information content (AvgIpc) is 3.34. The lowest BCUT2D eigenvalue weighted by atomic mass is 9.81. The molecule has 146 valence electrons. The van der Waals surface area contributed by atoms with Gasteiger partial charge in [0.1, 0.15) is 4.34 Å². The molecular weight excluding hydrogens is 411 g/mol. The molecule has 3 heterocycles. The van der Waals surface area contributed by atoms with Crippen molar-refractivity contribution in [3.05, 3.63) is 39.3 Å². The van der Waals surface area contributed by atoms with Crippen LogP contribution in [0.15, 0.2) is 24.4 Å². The Bertz CT molecular complexity index is 838. The highest BCUT2D eigenvalue weighted by Crippen LogP contribution is 2.48. The van der Waals surface area contributed by atoms with Crippen molar-refractivity contribution in [3.63, 3.8) is 0 Å². The summed E-state index contributed by atoms with van der Waals surface area (Å²) in [5.74, 6) is 0. The molecule has 3 N–H and O–H groups in total. The first-order valence-electron chi connectivity index (χ1n) is 8.49. The number of nitrogens with zero attached hydrogens (tertiary/aromatic N) is 3. The maximum absolute atomic E-state index is 10.8. The van der Waals surface area contributed by atoms with E-state index >= 15 is 0 Å². The van der Waals surface area contributed by atoms with Gasteiger partial charge in [-0.2, -0.15) is 0 Å². The number of benzene rings is 1. The summed E-state index contributed by atoms with van der Waals surface area (Å²) in [7, 11) is 1.48. The minimum atomic E-state index is -0.965. The number of ether oxygens (including phenoxy) is 1. The van der Waals surface area contributed by atoms with Crippen molar-refractivity contribution in [2.45, 2.75) is 24.6 Å². The molecule has 1 spiro atoms. The number of hydrogen-bond donors (Lipinski definition) is 3. The van der Waals surface area contributed by atoms with E-state index in [1.807, 2.05) is 28.0 Å². The fourth-order valence-corrected chi connectivity index (χ4v) is 5.00. The van der Waals surface area contributed by atoms with Gasteiger partial charge in [0, 0.05) is 42.9 Å². The second-order valence-corrected chi connectivity index (χ2v) is 8.94. The molecule has 0 amide bonds. The van der Waals surface area contributed by atoms with E-state index in [1.165, 1.54) is 18.4 Å². The lowest BCUT2D eigenvalue weighted by molar-refractivity contribution is -0.170. The van der Waals surface area contributed by atoms with Crippen LogP contribution in [0.5, 0.6) is 0 Å². The fourth-order valence-electron chi connectivity index (χ4n) is 4.00. The summed E-state index contributed by atoms with van der Waals surface area (Å²) in [6.45, 7) is 1.89. The van der Waals surface area contributed by atoms with E-state index in [4.69, 9.17) is 27.9 Å². The lowest BCUT2D eigenvalue weighted by Gasteiger charge is -2.30. The zero-order valence-corrected chi connectivity index (χ0v) is 16.9. The Morgan fingerprint density at radius 3 is 2.85 bits per heavy atom. The second kappa shape index (κ2) is 7.36. The topological polar surface area (TPSA) is 81.1 Å². The largest absolute Gasteiger partial charge is 0.356 e. The highest BCUT2D eigenvalue weighted by Gasteiger charge is 2.49. The quantitative estimate of drug-likeness (QED) is 0.628. The molecule has 2 aromatic rings. The monoisotopic (exact) mass is 430 g/mol. The van der Waals surface area contributed by atoms with Crippen molar-refractivity contribution in [1.29, 1.82) is 0 Å². The molecule has 1 fully saturated rings. The van der Waals surface area contributed by atoms with Crippen molar-refractivity contribution in [3.8, 4) is 0 Å². The number of hydrogen-bond acceptors (Lipinski definition) is 8. The zero-order valence-electron chi connectivity index (χ0n) is 14.6. The molecule has 3 unspecified atom stereocenters. The number of nitrogens with one attached hydrogen (secondary N) is 1. The number of aliphatic hydroxyl groups excluding tert-OH is 2. The van der Waals surface area contributed by atoms with Gasteiger partial charge in [-0.15, -0.1) is 0 Å². The molecule has 0 radical (unpaired) electrons. The van der Waals surface area contributed by atoms with E-state index in [9.17, 15) is 10.2 Å². The van der Waals surface area contributed by atoms with E-state index in [0.717, 1.165) is 17.7 Å². The highest BCUT2D eigenvalue weighted by molar-refractivity contribution is 7.19. The fraction of sp³-hybridized carbons (Fsp3) is 0.471. The van der Waals surface area contributed by atoms with Crippen molar-refractivity contribution in [1.82, 2.24) is 9.88 Å². The Labute approximate surface area is 171 Å². The van der Waals surface area contributed by atoms with Crippen molar-refractivity contribution in [2.24, 2.45) is 0 Å². The number of likely N-dealkylation sites (tertiary alicyclic amines) is 1. The van der Waals surface area contributed by atoms with Gasteiger partial charge >= 0.3 is 0 Å². The Balaban J connectivity index is 1.62. The van der Waals surface area contributed by atoms with E-state index in [2.05, 4.69) is 10.3 Å². The molecule has 0 bridgehead atoms. The van der Waals surface area contributed by atoms with Crippen molar-refractivity contribution < 1.29 is 14.9 Å². The molecule has 4 rings (SSSR count). The summed E-state index contributed by atoms with van der Waals surface area (Å²) < 4.78 is 5.62. The highest BCUT2D eigenvalue weighted by atomic mass is 35.5. The summed E-state index contributed by atoms with van der Waals surface area (Å²) in [5.41, 5.74) is 1.73. The van der Waals surface area contributed by atoms with Crippen molar-refractivity contribution >= 4 is 45.4 Å². The van der Waals surface area contributed by atoms with E-state index in [1.54, 1.807) is 6.20 Å². The predicted molar refractivity (Wildman–Crippen MR) is 106 cm³/mol. The first-order chi connectivity index (χ1) is 12.9. The summed E-state index contributed by atoms with van der Waals surface area (Å²) in [5, 5.41) is 25.1. The predicted octanol–water partition coefficient (Wildman–Crippen LogP) is 2.52. The van der Waals surface area contributed by atoms with Crippen LogP contribution in [0.2, 0.25) is 9.36 Å². The van der Waals surface area contributed by atoms with Crippen LogP contribution in [-0.2, 0) is 10.2 Å². The van der Waals surface area contributed by atoms with Gasteiger partial charge in [-0.1, -0.05) is 34.5 Å². The van der Waals surface area contributed by atoms with Gasteiger partial charge in [0.25, 0.3) is 0 Å². The molecule has 10 heteroatoms. The van der Waals surface area contributed by atoms with Gasteiger partial charge in [-0.05, 0) is 30.2 Å². The third-order valence-electron chi connectivity index (χ3n) is 5.24. The van der Waals surface area contributed by atoms with Crippen LogP contribution in [-0.4, -0.2) is 59.6 Å². The third-order valence-corrected chi connectivity index (χ3v) is 6.53. The van der Waals surface area contributed by atoms with Gasteiger partial charge < -0.3 is 25.2 Å². The number of thiazole rings is 1. The summed E-state index contributed by atoms with van der Waals surface area (Å²) in [6.07, 6.45) is 0.462. The smallest absolute Gasteiger partial charge is 0.215 e. The molecule has 3 atom stereocenters. The van der Waals surface area contributed by atoms with Crippen LogP contribution in [0.1, 0.15) is 12.0 Å². The number of anilines is 2. The average molecular weight is 431 g/mol. The van der Waals surface area contributed by atoms with Gasteiger partial charge in [0.15, 0.2) is 5.13 Å². The summed E-state index contributed by atoms with van der Waals surface area (Å²) >= 11 is 13.5.